The number of rotatable bonds is 2. The van der Waals surface area contributed by atoms with Gasteiger partial charge in [0.25, 0.3) is 0 Å². The highest BCUT2D eigenvalue weighted by Gasteiger charge is 2.24. The number of benzene rings is 1. The van der Waals surface area contributed by atoms with Crippen LogP contribution in [0.25, 0.3) is 0 Å². The van der Waals surface area contributed by atoms with Crippen LogP contribution >= 0.6 is 12.4 Å². The minimum absolute atomic E-state index is 0. The predicted molar refractivity (Wildman–Crippen MR) is 59.6 cm³/mol. The summed E-state index contributed by atoms with van der Waals surface area (Å²) in [7, 11) is 0. The van der Waals surface area contributed by atoms with Crippen LogP contribution in [0.2, 0.25) is 0 Å². The van der Waals surface area contributed by atoms with Crippen LogP contribution < -0.4 is 5.32 Å². The summed E-state index contributed by atoms with van der Waals surface area (Å²) in [5.74, 6) is -1.30. The first-order valence-electron chi connectivity index (χ1n) is 5.04. The summed E-state index contributed by atoms with van der Waals surface area (Å²) >= 11 is 0. The lowest BCUT2D eigenvalue weighted by molar-refractivity contribution is 0.136. The fourth-order valence-electron chi connectivity index (χ4n) is 1.96. The Kier molecular flexibility index (Phi) is 4.65. The maximum atomic E-state index is 12.9. The van der Waals surface area contributed by atoms with Crippen LogP contribution in [0.1, 0.15) is 24.5 Å². The van der Waals surface area contributed by atoms with Gasteiger partial charge in [-0.25, -0.2) is 8.78 Å². The minimum atomic E-state index is -0.835. The van der Waals surface area contributed by atoms with Gasteiger partial charge in [-0.1, -0.05) is 0 Å². The Hall–Kier alpha value is -0.710. The van der Waals surface area contributed by atoms with Crippen LogP contribution in [-0.2, 0) is 0 Å². The van der Waals surface area contributed by atoms with Crippen LogP contribution in [-0.4, -0.2) is 17.7 Å². The van der Waals surface area contributed by atoms with Crippen molar-refractivity contribution in [1.82, 2.24) is 5.32 Å². The third-order valence-corrected chi connectivity index (χ3v) is 2.71. The minimum Gasteiger partial charge on any atom is -0.387 e. The lowest BCUT2D eigenvalue weighted by atomic mass is 10.0. The molecule has 1 aliphatic rings. The molecule has 0 saturated carbocycles. The molecule has 1 unspecified atom stereocenters. The first-order valence-corrected chi connectivity index (χ1v) is 5.04. The van der Waals surface area contributed by atoms with Gasteiger partial charge in [0.05, 0.1) is 6.10 Å². The third-order valence-electron chi connectivity index (χ3n) is 2.71. The SMILES string of the molecule is Cl.OC(c1cc(F)cc(F)c1)[C@H]1CCCN1. The summed E-state index contributed by atoms with van der Waals surface area (Å²) in [5.41, 5.74) is 0.298. The summed E-state index contributed by atoms with van der Waals surface area (Å²) in [4.78, 5) is 0. The van der Waals surface area contributed by atoms with E-state index in [4.69, 9.17) is 0 Å². The maximum absolute atomic E-state index is 12.9. The first-order chi connectivity index (χ1) is 7.16. The maximum Gasteiger partial charge on any atom is 0.126 e. The van der Waals surface area contributed by atoms with Gasteiger partial charge in [0.1, 0.15) is 11.6 Å². The van der Waals surface area contributed by atoms with Gasteiger partial charge in [-0.3, -0.25) is 0 Å². The van der Waals surface area contributed by atoms with Crippen molar-refractivity contribution in [3.8, 4) is 0 Å². The van der Waals surface area contributed by atoms with E-state index < -0.39 is 17.7 Å². The topological polar surface area (TPSA) is 32.3 Å². The molecule has 5 heteroatoms. The Bertz CT molecular complexity index is 336. The van der Waals surface area contributed by atoms with Crippen molar-refractivity contribution in [2.24, 2.45) is 0 Å². The Morgan fingerprint density at radius 1 is 1.25 bits per heavy atom. The fourth-order valence-corrected chi connectivity index (χ4v) is 1.96. The molecule has 2 N–H and O–H groups in total. The molecule has 2 nitrogen and oxygen atoms in total. The van der Waals surface area contributed by atoms with E-state index >= 15 is 0 Å². The van der Waals surface area contributed by atoms with Gasteiger partial charge in [0.15, 0.2) is 0 Å². The van der Waals surface area contributed by atoms with E-state index in [2.05, 4.69) is 5.32 Å². The van der Waals surface area contributed by atoms with Gasteiger partial charge in [0, 0.05) is 12.1 Å². The van der Waals surface area contributed by atoms with Crippen LogP contribution in [0.15, 0.2) is 18.2 Å². The molecule has 2 atom stereocenters. The predicted octanol–water partition coefficient (Wildman–Crippen LogP) is 2.17. The van der Waals surface area contributed by atoms with Gasteiger partial charge >= 0.3 is 0 Å². The Morgan fingerprint density at radius 3 is 2.38 bits per heavy atom. The van der Waals surface area contributed by atoms with Crippen molar-refractivity contribution < 1.29 is 13.9 Å². The van der Waals surface area contributed by atoms with Gasteiger partial charge in [-0.2, -0.15) is 0 Å². The highest BCUT2D eigenvalue weighted by molar-refractivity contribution is 5.85. The van der Waals surface area contributed by atoms with Crippen LogP contribution in [0.4, 0.5) is 8.78 Å². The molecule has 1 saturated heterocycles. The third kappa shape index (κ3) is 2.90. The number of hydrogen-bond acceptors (Lipinski definition) is 2. The van der Waals surface area contributed by atoms with Gasteiger partial charge in [-0.05, 0) is 37.1 Å². The summed E-state index contributed by atoms with van der Waals surface area (Å²) in [5, 5.41) is 13.0. The van der Waals surface area contributed by atoms with Gasteiger partial charge in [-0.15, -0.1) is 12.4 Å². The van der Waals surface area contributed by atoms with Crippen LogP contribution in [0.5, 0.6) is 0 Å². The standard InChI is InChI=1S/C11H13F2NO.ClH/c12-8-4-7(5-9(13)6-8)11(15)10-2-1-3-14-10;/h4-6,10-11,14-15H,1-3H2;1H/t10-,11?;/m1./s1. The van der Waals surface area contributed by atoms with Crippen molar-refractivity contribution in [2.45, 2.75) is 25.0 Å². The van der Waals surface area contributed by atoms with E-state index in [1.807, 2.05) is 0 Å². The molecule has 0 radical (unpaired) electrons. The molecule has 1 aliphatic heterocycles. The normalized spacial score (nSPS) is 21.6. The van der Waals surface area contributed by atoms with Crippen molar-refractivity contribution in [3.63, 3.8) is 0 Å². The van der Waals surface area contributed by atoms with E-state index in [1.165, 1.54) is 12.1 Å². The smallest absolute Gasteiger partial charge is 0.126 e. The number of nitrogens with one attached hydrogen (secondary N) is 1. The largest absolute Gasteiger partial charge is 0.387 e. The molecule has 0 bridgehead atoms. The molecule has 16 heavy (non-hydrogen) atoms. The van der Waals surface area contributed by atoms with E-state index in [1.54, 1.807) is 0 Å². The average molecular weight is 250 g/mol. The highest BCUT2D eigenvalue weighted by Crippen LogP contribution is 2.24. The Labute approximate surface area is 99.1 Å². The molecule has 0 spiro atoms. The zero-order chi connectivity index (χ0) is 10.8. The summed E-state index contributed by atoms with van der Waals surface area (Å²) < 4.78 is 25.8. The molecule has 0 amide bonds. The molecule has 0 aromatic heterocycles. The summed E-state index contributed by atoms with van der Waals surface area (Å²) in [6, 6.07) is 3.06. The van der Waals surface area contributed by atoms with Crippen molar-refractivity contribution in [1.29, 1.82) is 0 Å². The monoisotopic (exact) mass is 249 g/mol. The number of hydrogen-bond donors (Lipinski definition) is 2. The highest BCUT2D eigenvalue weighted by atomic mass is 35.5. The molecular formula is C11H14ClF2NO. The molecule has 90 valence electrons. The van der Waals surface area contributed by atoms with Crippen molar-refractivity contribution in [3.05, 3.63) is 35.4 Å². The average Bonchev–Trinajstić information content (AvgIpc) is 2.67. The summed E-state index contributed by atoms with van der Waals surface area (Å²) in [6.45, 7) is 0.847. The molecule has 0 aliphatic carbocycles. The lowest BCUT2D eigenvalue weighted by Crippen LogP contribution is -2.28. The van der Waals surface area contributed by atoms with E-state index in [-0.39, 0.29) is 18.4 Å². The Balaban J connectivity index is 0.00000128. The molecule has 1 aromatic rings. The van der Waals surface area contributed by atoms with E-state index in [0.29, 0.717) is 5.56 Å². The van der Waals surface area contributed by atoms with Crippen LogP contribution in [0, 0.1) is 11.6 Å². The molecular weight excluding hydrogens is 236 g/mol. The second-order valence-corrected chi connectivity index (χ2v) is 3.85. The molecule has 1 fully saturated rings. The number of aliphatic hydroxyl groups is 1. The Morgan fingerprint density at radius 2 is 1.88 bits per heavy atom. The zero-order valence-corrected chi connectivity index (χ0v) is 9.44. The second-order valence-electron chi connectivity index (χ2n) is 3.85. The number of aliphatic hydroxyl groups excluding tert-OH is 1. The second kappa shape index (κ2) is 5.57. The van der Waals surface area contributed by atoms with Crippen molar-refractivity contribution >= 4 is 12.4 Å². The molecule has 2 rings (SSSR count). The summed E-state index contributed by atoms with van der Waals surface area (Å²) in [6.07, 6.45) is 0.983. The lowest BCUT2D eigenvalue weighted by Gasteiger charge is -2.18. The van der Waals surface area contributed by atoms with Crippen molar-refractivity contribution in [2.75, 3.05) is 6.54 Å². The molecule has 1 aromatic carbocycles. The van der Waals surface area contributed by atoms with E-state index in [0.717, 1.165) is 25.5 Å². The first kappa shape index (κ1) is 13.4. The fraction of sp³-hybridized carbons (Fsp3) is 0.455. The quantitative estimate of drug-likeness (QED) is 0.842. The van der Waals surface area contributed by atoms with Gasteiger partial charge in [0.2, 0.25) is 0 Å². The zero-order valence-electron chi connectivity index (χ0n) is 8.62. The van der Waals surface area contributed by atoms with E-state index in [9.17, 15) is 13.9 Å². The molecule has 1 heterocycles. The van der Waals surface area contributed by atoms with Crippen LogP contribution in [0.3, 0.4) is 0 Å². The number of halogens is 3. The van der Waals surface area contributed by atoms with Gasteiger partial charge < -0.3 is 10.4 Å².